The van der Waals surface area contributed by atoms with Crippen LogP contribution in [0.3, 0.4) is 0 Å². The number of thioether (sulfide) groups is 1. The third-order valence-electron chi connectivity index (χ3n) is 2.42. The number of unbranched alkanes of at least 4 members (excludes halogenated alkanes) is 1. The molecular weight excluding hydrogens is 240 g/mol. The van der Waals surface area contributed by atoms with E-state index in [9.17, 15) is 0 Å². The van der Waals surface area contributed by atoms with E-state index in [-0.39, 0.29) is 5.54 Å². The van der Waals surface area contributed by atoms with Gasteiger partial charge in [0.25, 0.3) is 0 Å². The standard InChI is InChI=1S/C15H22N2S/c1-15(2,3)17-12-13-7-6-8-14(11-13)18-10-5-4-9-16/h6-8,11,17H,4-5,10,12H2,1-3H3. The topological polar surface area (TPSA) is 35.8 Å². The largest absolute Gasteiger partial charge is 0.308 e. The minimum atomic E-state index is 0.149. The van der Waals surface area contributed by atoms with E-state index in [2.05, 4.69) is 56.4 Å². The predicted molar refractivity (Wildman–Crippen MR) is 78.6 cm³/mol. The van der Waals surface area contributed by atoms with E-state index in [1.165, 1.54) is 10.5 Å². The molecule has 1 aromatic rings. The Morgan fingerprint density at radius 1 is 1.33 bits per heavy atom. The summed E-state index contributed by atoms with van der Waals surface area (Å²) < 4.78 is 0. The molecule has 0 amide bonds. The minimum absolute atomic E-state index is 0.149. The van der Waals surface area contributed by atoms with Crippen LogP contribution in [0.15, 0.2) is 29.2 Å². The number of rotatable bonds is 6. The maximum Gasteiger partial charge on any atom is 0.0622 e. The highest BCUT2D eigenvalue weighted by atomic mass is 32.2. The van der Waals surface area contributed by atoms with Gasteiger partial charge in [-0.2, -0.15) is 5.26 Å². The van der Waals surface area contributed by atoms with Crippen molar-refractivity contribution in [3.8, 4) is 6.07 Å². The van der Waals surface area contributed by atoms with Gasteiger partial charge in [0.05, 0.1) is 6.07 Å². The Bertz CT molecular complexity index is 402. The van der Waals surface area contributed by atoms with Crippen LogP contribution in [0.4, 0.5) is 0 Å². The second kappa shape index (κ2) is 7.45. The minimum Gasteiger partial charge on any atom is -0.308 e. The molecule has 0 fully saturated rings. The summed E-state index contributed by atoms with van der Waals surface area (Å²) in [5.41, 5.74) is 1.46. The van der Waals surface area contributed by atoms with Gasteiger partial charge in [-0.3, -0.25) is 0 Å². The van der Waals surface area contributed by atoms with Gasteiger partial charge in [-0.15, -0.1) is 11.8 Å². The molecule has 0 saturated carbocycles. The summed E-state index contributed by atoms with van der Waals surface area (Å²) in [6.45, 7) is 7.42. The van der Waals surface area contributed by atoms with Crippen molar-refractivity contribution in [2.45, 2.75) is 50.6 Å². The third-order valence-corrected chi connectivity index (χ3v) is 3.50. The first kappa shape index (κ1) is 15.1. The number of benzene rings is 1. The highest BCUT2D eigenvalue weighted by Gasteiger charge is 2.08. The monoisotopic (exact) mass is 262 g/mol. The molecule has 3 heteroatoms. The SMILES string of the molecule is CC(C)(C)NCc1cccc(SCCCC#N)c1. The van der Waals surface area contributed by atoms with Crippen LogP contribution in [-0.2, 0) is 6.54 Å². The van der Waals surface area contributed by atoms with Crippen molar-refractivity contribution < 1.29 is 0 Å². The summed E-state index contributed by atoms with van der Waals surface area (Å²) in [7, 11) is 0. The first-order chi connectivity index (χ1) is 8.51. The molecule has 0 aliphatic carbocycles. The molecule has 0 bridgehead atoms. The van der Waals surface area contributed by atoms with E-state index in [0.29, 0.717) is 6.42 Å². The van der Waals surface area contributed by atoms with Gasteiger partial charge in [-0.1, -0.05) is 12.1 Å². The summed E-state index contributed by atoms with van der Waals surface area (Å²) >= 11 is 1.83. The number of hydrogen-bond acceptors (Lipinski definition) is 3. The van der Waals surface area contributed by atoms with Gasteiger partial charge in [-0.05, 0) is 50.6 Å². The molecule has 0 aliphatic heterocycles. The molecule has 1 aromatic carbocycles. The molecule has 0 heterocycles. The van der Waals surface area contributed by atoms with E-state index in [4.69, 9.17) is 5.26 Å². The van der Waals surface area contributed by atoms with Crippen LogP contribution in [0.2, 0.25) is 0 Å². The molecule has 98 valence electrons. The van der Waals surface area contributed by atoms with Crippen LogP contribution in [-0.4, -0.2) is 11.3 Å². The van der Waals surface area contributed by atoms with Crippen LogP contribution in [0.25, 0.3) is 0 Å². The first-order valence-electron chi connectivity index (χ1n) is 6.35. The van der Waals surface area contributed by atoms with Crippen molar-refractivity contribution >= 4 is 11.8 Å². The third kappa shape index (κ3) is 6.68. The molecule has 18 heavy (non-hydrogen) atoms. The Labute approximate surface area is 115 Å². The Kier molecular flexibility index (Phi) is 6.24. The molecule has 0 radical (unpaired) electrons. The lowest BCUT2D eigenvalue weighted by molar-refractivity contribution is 0.424. The fraction of sp³-hybridized carbons (Fsp3) is 0.533. The van der Waals surface area contributed by atoms with Crippen molar-refractivity contribution in [1.82, 2.24) is 5.32 Å². The summed E-state index contributed by atoms with van der Waals surface area (Å²) in [5, 5.41) is 12.0. The second-order valence-electron chi connectivity index (χ2n) is 5.36. The van der Waals surface area contributed by atoms with Gasteiger partial charge < -0.3 is 5.32 Å². The lowest BCUT2D eigenvalue weighted by Gasteiger charge is -2.20. The molecule has 0 aromatic heterocycles. The van der Waals surface area contributed by atoms with E-state index >= 15 is 0 Å². The van der Waals surface area contributed by atoms with Gasteiger partial charge in [0.2, 0.25) is 0 Å². The Morgan fingerprint density at radius 3 is 2.78 bits per heavy atom. The van der Waals surface area contributed by atoms with E-state index in [1.54, 1.807) is 0 Å². The predicted octanol–water partition coefficient (Wildman–Crippen LogP) is 3.97. The molecule has 2 nitrogen and oxygen atoms in total. The summed E-state index contributed by atoms with van der Waals surface area (Å²) in [5.74, 6) is 1.02. The van der Waals surface area contributed by atoms with Crippen molar-refractivity contribution in [1.29, 1.82) is 5.26 Å². The maximum absolute atomic E-state index is 8.49. The number of nitrogens with one attached hydrogen (secondary N) is 1. The van der Waals surface area contributed by atoms with E-state index in [0.717, 1.165) is 18.7 Å². The first-order valence-corrected chi connectivity index (χ1v) is 7.33. The van der Waals surface area contributed by atoms with Crippen molar-refractivity contribution in [3.63, 3.8) is 0 Å². The Hall–Kier alpha value is -0.980. The lowest BCUT2D eigenvalue weighted by atomic mass is 10.1. The molecule has 1 N–H and O–H groups in total. The zero-order valence-electron chi connectivity index (χ0n) is 11.5. The zero-order valence-corrected chi connectivity index (χ0v) is 12.3. The van der Waals surface area contributed by atoms with Gasteiger partial charge >= 0.3 is 0 Å². The highest BCUT2D eigenvalue weighted by molar-refractivity contribution is 7.99. The molecule has 0 unspecified atom stereocenters. The fourth-order valence-electron chi connectivity index (χ4n) is 1.45. The smallest absolute Gasteiger partial charge is 0.0622 e. The lowest BCUT2D eigenvalue weighted by Crippen LogP contribution is -2.35. The zero-order chi connectivity index (χ0) is 13.4. The van der Waals surface area contributed by atoms with Crippen LogP contribution < -0.4 is 5.32 Å². The number of nitrogens with zero attached hydrogens (tertiary/aromatic N) is 1. The Balaban J connectivity index is 2.44. The van der Waals surface area contributed by atoms with E-state index in [1.807, 2.05) is 11.8 Å². The normalized spacial score (nSPS) is 11.2. The number of nitriles is 1. The van der Waals surface area contributed by atoms with Gasteiger partial charge in [0, 0.05) is 23.4 Å². The maximum atomic E-state index is 8.49. The number of hydrogen-bond donors (Lipinski definition) is 1. The van der Waals surface area contributed by atoms with Crippen LogP contribution >= 0.6 is 11.8 Å². The second-order valence-corrected chi connectivity index (χ2v) is 6.53. The van der Waals surface area contributed by atoms with Crippen LogP contribution in [0, 0.1) is 11.3 Å². The molecule has 0 atom stereocenters. The average molecular weight is 262 g/mol. The average Bonchev–Trinajstić information content (AvgIpc) is 2.32. The summed E-state index contributed by atoms with van der Waals surface area (Å²) in [4.78, 5) is 1.29. The molecule has 1 rings (SSSR count). The molecule has 0 saturated heterocycles. The van der Waals surface area contributed by atoms with Crippen LogP contribution in [0.1, 0.15) is 39.2 Å². The Morgan fingerprint density at radius 2 is 2.11 bits per heavy atom. The summed E-state index contributed by atoms with van der Waals surface area (Å²) in [6.07, 6.45) is 1.61. The molecular formula is C15H22N2S. The van der Waals surface area contributed by atoms with Crippen molar-refractivity contribution in [3.05, 3.63) is 29.8 Å². The van der Waals surface area contributed by atoms with Gasteiger partial charge in [-0.25, -0.2) is 0 Å². The molecule has 0 aliphatic rings. The van der Waals surface area contributed by atoms with Crippen molar-refractivity contribution in [2.75, 3.05) is 5.75 Å². The van der Waals surface area contributed by atoms with Crippen LogP contribution in [0.5, 0.6) is 0 Å². The van der Waals surface area contributed by atoms with Gasteiger partial charge in [0.1, 0.15) is 0 Å². The fourth-order valence-corrected chi connectivity index (χ4v) is 2.39. The van der Waals surface area contributed by atoms with Gasteiger partial charge in [0.15, 0.2) is 0 Å². The van der Waals surface area contributed by atoms with E-state index < -0.39 is 0 Å². The highest BCUT2D eigenvalue weighted by Crippen LogP contribution is 2.20. The van der Waals surface area contributed by atoms with Crippen molar-refractivity contribution in [2.24, 2.45) is 0 Å². The quantitative estimate of drug-likeness (QED) is 0.622. The summed E-state index contributed by atoms with van der Waals surface area (Å²) in [6, 6.07) is 10.8. The molecule has 0 spiro atoms.